The van der Waals surface area contributed by atoms with Gasteiger partial charge in [0.15, 0.2) is 0 Å². The van der Waals surface area contributed by atoms with Crippen LogP contribution in [0.3, 0.4) is 0 Å². The van der Waals surface area contributed by atoms with Crippen molar-refractivity contribution in [3.05, 3.63) is 16.1 Å². The van der Waals surface area contributed by atoms with Gasteiger partial charge in [-0.15, -0.1) is 11.3 Å². The zero-order valence-electron chi connectivity index (χ0n) is 10.8. The number of rotatable bonds is 7. The molecule has 0 aliphatic heterocycles. The highest BCUT2D eigenvalue weighted by Gasteiger charge is 2.08. The van der Waals surface area contributed by atoms with E-state index in [-0.39, 0.29) is 0 Å². The van der Waals surface area contributed by atoms with Crippen LogP contribution in [0.4, 0.5) is 0 Å². The summed E-state index contributed by atoms with van der Waals surface area (Å²) in [6.07, 6.45) is 1.07. The van der Waals surface area contributed by atoms with E-state index >= 15 is 0 Å². The first-order valence-electron chi connectivity index (χ1n) is 6.05. The molecule has 1 rings (SSSR count). The predicted molar refractivity (Wildman–Crippen MR) is 71.1 cm³/mol. The lowest BCUT2D eigenvalue weighted by Crippen LogP contribution is -2.25. The van der Waals surface area contributed by atoms with Crippen molar-refractivity contribution in [1.82, 2.24) is 15.2 Å². The van der Waals surface area contributed by atoms with E-state index in [1.54, 1.807) is 11.3 Å². The van der Waals surface area contributed by atoms with Crippen LogP contribution in [-0.2, 0) is 6.42 Å². The quantitative estimate of drug-likeness (QED) is 0.794. The standard InChI is InChI=1S/C12H23N3S/c1-5-15(6-2)8-7-12-14-11(9-16-12)10(3)13-4/h9-10,13H,5-8H2,1-4H3. The van der Waals surface area contributed by atoms with Gasteiger partial charge >= 0.3 is 0 Å². The Morgan fingerprint density at radius 3 is 2.69 bits per heavy atom. The molecule has 0 aromatic carbocycles. The van der Waals surface area contributed by atoms with Gasteiger partial charge in [-0.2, -0.15) is 0 Å². The molecule has 0 amide bonds. The average molecular weight is 241 g/mol. The topological polar surface area (TPSA) is 28.2 Å². The maximum Gasteiger partial charge on any atom is 0.0941 e. The third kappa shape index (κ3) is 3.85. The first kappa shape index (κ1) is 13.6. The molecule has 4 heteroatoms. The second-order valence-electron chi connectivity index (χ2n) is 3.95. The van der Waals surface area contributed by atoms with Crippen LogP contribution in [0.2, 0.25) is 0 Å². The zero-order valence-corrected chi connectivity index (χ0v) is 11.6. The summed E-state index contributed by atoms with van der Waals surface area (Å²) in [6.45, 7) is 9.93. The minimum atomic E-state index is 0.360. The van der Waals surface area contributed by atoms with Crippen LogP contribution >= 0.6 is 11.3 Å². The molecule has 1 N–H and O–H groups in total. The van der Waals surface area contributed by atoms with Gasteiger partial charge in [0.1, 0.15) is 0 Å². The molecule has 92 valence electrons. The van der Waals surface area contributed by atoms with Gasteiger partial charge in [-0.05, 0) is 27.1 Å². The van der Waals surface area contributed by atoms with E-state index in [0.29, 0.717) is 6.04 Å². The van der Waals surface area contributed by atoms with E-state index in [9.17, 15) is 0 Å². The summed E-state index contributed by atoms with van der Waals surface area (Å²) in [5.74, 6) is 0. The Labute approximate surface area is 103 Å². The van der Waals surface area contributed by atoms with E-state index in [1.165, 1.54) is 10.7 Å². The van der Waals surface area contributed by atoms with Gasteiger partial charge in [-0.1, -0.05) is 13.8 Å². The van der Waals surface area contributed by atoms with E-state index < -0.39 is 0 Å². The van der Waals surface area contributed by atoms with Crippen molar-refractivity contribution in [3.63, 3.8) is 0 Å². The van der Waals surface area contributed by atoms with Crippen molar-refractivity contribution in [2.24, 2.45) is 0 Å². The molecule has 0 saturated heterocycles. The van der Waals surface area contributed by atoms with Crippen molar-refractivity contribution in [1.29, 1.82) is 0 Å². The van der Waals surface area contributed by atoms with Crippen molar-refractivity contribution in [3.8, 4) is 0 Å². The number of nitrogens with zero attached hydrogens (tertiary/aromatic N) is 2. The first-order valence-corrected chi connectivity index (χ1v) is 6.93. The summed E-state index contributed by atoms with van der Waals surface area (Å²) in [5.41, 5.74) is 1.17. The number of thiazole rings is 1. The van der Waals surface area contributed by atoms with Crippen LogP contribution in [0, 0.1) is 0 Å². The Morgan fingerprint density at radius 1 is 1.44 bits per heavy atom. The summed E-state index contributed by atoms with van der Waals surface area (Å²) in [5, 5.41) is 6.63. The lowest BCUT2D eigenvalue weighted by Gasteiger charge is -2.16. The van der Waals surface area contributed by atoms with Crippen molar-refractivity contribution in [2.45, 2.75) is 33.2 Å². The summed E-state index contributed by atoms with van der Waals surface area (Å²) < 4.78 is 0. The molecule has 0 bridgehead atoms. The van der Waals surface area contributed by atoms with Crippen LogP contribution in [0.1, 0.15) is 37.5 Å². The molecule has 16 heavy (non-hydrogen) atoms. The molecule has 0 spiro atoms. The third-order valence-electron chi connectivity index (χ3n) is 2.98. The molecule has 0 aliphatic rings. The molecule has 0 radical (unpaired) electrons. The lowest BCUT2D eigenvalue weighted by atomic mass is 10.3. The molecule has 1 atom stereocenters. The monoisotopic (exact) mass is 241 g/mol. The normalized spacial score (nSPS) is 13.3. The molecule has 0 saturated carbocycles. The second-order valence-corrected chi connectivity index (χ2v) is 4.90. The van der Waals surface area contributed by atoms with E-state index in [2.05, 4.69) is 41.4 Å². The van der Waals surface area contributed by atoms with E-state index in [1.807, 2.05) is 7.05 Å². The van der Waals surface area contributed by atoms with Crippen molar-refractivity contribution in [2.75, 3.05) is 26.7 Å². The summed E-state index contributed by atoms with van der Waals surface area (Å²) in [7, 11) is 1.97. The molecule has 1 unspecified atom stereocenters. The maximum absolute atomic E-state index is 4.65. The fraction of sp³-hybridized carbons (Fsp3) is 0.750. The number of hydrogen-bond acceptors (Lipinski definition) is 4. The summed E-state index contributed by atoms with van der Waals surface area (Å²) in [6, 6.07) is 0.360. The van der Waals surface area contributed by atoms with Crippen LogP contribution in [0.5, 0.6) is 0 Å². The van der Waals surface area contributed by atoms with Gasteiger partial charge < -0.3 is 10.2 Å². The van der Waals surface area contributed by atoms with Gasteiger partial charge in [0.25, 0.3) is 0 Å². The number of aromatic nitrogens is 1. The molecule has 1 aromatic heterocycles. The van der Waals surface area contributed by atoms with E-state index in [4.69, 9.17) is 0 Å². The highest BCUT2D eigenvalue weighted by Crippen LogP contribution is 2.16. The molecule has 1 heterocycles. The largest absolute Gasteiger partial charge is 0.312 e. The minimum absolute atomic E-state index is 0.360. The molecular weight excluding hydrogens is 218 g/mol. The van der Waals surface area contributed by atoms with Gasteiger partial charge in [0.05, 0.1) is 10.7 Å². The Bertz CT molecular complexity index is 294. The zero-order chi connectivity index (χ0) is 12.0. The first-order chi connectivity index (χ1) is 7.71. The summed E-state index contributed by atoms with van der Waals surface area (Å²) in [4.78, 5) is 7.08. The minimum Gasteiger partial charge on any atom is -0.312 e. The SMILES string of the molecule is CCN(CC)CCc1nc(C(C)NC)cs1. The molecule has 0 aliphatic carbocycles. The molecule has 0 fully saturated rings. The Kier molecular flexibility index (Phi) is 5.95. The number of hydrogen-bond donors (Lipinski definition) is 1. The average Bonchev–Trinajstić information content (AvgIpc) is 2.78. The second kappa shape index (κ2) is 6.99. The van der Waals surface area contributed by atoms with Gasteiger partial charge in [0, 0.05) is 24.4 Å². The molecular formula is C12H23N3S. The van der Waals surface area contributed by atoms with E-state index in [0.717, 1.165) is 26.1 Å². The number of nitrogens with one attached hydrogen (secondary N) is 1. The molecule has 3 nitrogen and oxygen atoms in total. The fourth-order valence-corrected chi connectivity index (χ4v) is 2.46. The maximum atomic E-state index is 4.65. The van der Waals surface area contributed by atoms with Gasteiger partial charge in [-0.3, -0.25) is 0 Å². The highest BCUT2D eigenvalue weighted by molar-refractivity contribution is 7.09. The molecule has 1 aromatic rings. The fourth-order valence-electron chi connectivity index (χ4n) is 1.58. The van der Waals surface area contributed by atoms with Crippen molar-refractivity contribution >= 4 is 11.3 Å². The van der Waals surface area contributed by atoms with Crippen LogP contribution in [0.25, 0.3) is 0 Å². The Hall–Kier alpha value is -0.450. The third-order valence-corrected chi connectivity index (χ3v) is 3.91. The van der Waals surface area contributed by atoms with Gasteiger partial charge in [0.2, 0.25) is 0 Å². The van der Waals surface area contributed by atoms with Crippen molar-refractivity contribution < 1.29 is 0 Å². The Balaban J connectivity index is 2.46. The van der Waals surface area contributed by atoms with Gasteiger partial charge in [-0.25, -0.2) is 4.98 Å². The smallest absolute Gasteiger partial charge is 0.0941 e. The predicted octanol–water partition coefficient (Wildman–Crippen LogP) is 2.31. The van der Waals surface area contributed by atoms with Crippen LogP contribution in [0.15, 0.2) is 5.38 Å². The highest BCUT2D eigenvalue weighted by atomic mass is 32.1. The lowest BCUT2D eigenvalue weighted by molar-refractivity contribution is 0.307. The Morgan fingerprint density at radius 2 is 2.12 bits per heavy atom. The summed E-state index contributed by atoms with van der Waals surface area (Å²) >= 11 is 1.78. The number of likely N-dealkylation sites (N-methyl/N-ethyl adjacent to an activating group) is 1. The van der Waals surface area contributed by atoms with Crippen LogP contribution < -0.4 is 5.32 Å². The van der Waals surface area contributed by atoms with Crippen LogP contribution in [-0.4, -0.2) is 36.6 Å².